The number of rotatable bonds is 4. The summed E-state index contributed by atoms with van der Waals surface area (Å²) in [5, 5.41) is 13.5. The van der Waals surface area contributed by atoms with Crippen LogP contribution in [0.1, 0.15) is 58.8 Å². The molecule has 2 aliphatic carbocycles. The second kappa shape index (κ2) is 6.55. The molecule has 2 rings (SSSR count). The molecule has 0 heterocycles. The first-order valence-corrected chi connectivity index (χ1v) is 8.19. The van der Waals surface area contributed by atoms with Crippen LogP contribution in [0.5, 0.6) is 0 Å². The number of nitrogens with two attached hydrogens (primary N) is 1. The number of nitrogens with one attached hydrogen (secondary N) is 1. The molecular formula is C16H32N2O. The van der Waals surface area contributed by atoms with Crippen LogP contribution in [-0.2, 0) is 0 Å². The van der Waals surface area contributed by atoms with Gasteiger partial charge in [0, 0.05) is 24.7 Å². The predicted molar refractivity (Wildman–Crippen MR) is 79.9 cm³/mol. The molecule has 3 heteroatoms. The number of hydrogen-bond acceptors (Lipinski definition) is 3. The van der Waals surface area contributed by atoms with Gasteiger partial charge in [-0.2, -0.15) is 0 Å². The Morgan fingerprint density at radius 1 is 1.16 bits per heavy atom. The van der Waals surface area contributed by atoms with Crippen LogP contribution in [0.3, 0.4) is 0 Å². The van der Waals surface area contributed by atoms with E-state index in [0.29, 0.717) is 18.6 Å². The summed E-state index contributed by atoms with van der Waals surface area (Å²) in [5.74, 6) is 2.01. The molecule has 0 aromatic rings. The molecule has 0 spiro atoms. The van der Waals surface area contributed by atoms with Gasteiger partial charge in [-0.1, -0.05) is 26.7 Å². The first kappa shape index (κ1) is 15.3. The van der Waals surface area contributed by atoms with Crippen LogP contribution < -0.4 is 11.1 Å². The molecule has 0 aromatic heterocycles. The van der Waals surface area contributed by atoms with E-state index >= 15 is 0 Å². The largest absolute Gasteiger partial charge is 0.396 e. The first-order valence-electron chi connectivity index (χ1n) is 8.19. The third kappa shape index (κ3) is 3.50. The second-order valence-corrected chi connectivity index (χ2v) is 7.16. The molecule has 112 valence electrons. The summed E-state index contributed by atoms with van der Waals surface area (Å²) >= 11 is 0. The fourth-order valence-electron chi connectivity index (χ4n) is 4.09. The summed E-state index contributed by atoms with van der Waals surface area (Å²) in [6.45, 7) is 5.78. The van der Waals surface area contributed by atoms with Crippen molar-refractivity contribution in [3.63, 3.8) is 0 Å². The van der Waals surface area contributed by atoms with Crippen LogP contribution in [0.15, 0.2) is 0 Å². The van der Waals surface area contributed by atoms with Gasteiger partial charge in [0.2, 0.25) is 0 Å². The monoisotopic (exact) mass is 268 g/mol. The highest BCUT2D eigenvalue weighted by atomic mass is 16.3. The lowest BCUT2D eigenvalue weighted by molar-refractivity contribution is 0.0870. The van der Waals surface area contributed by atoms with Gasteiger partial charge in [-0.3, -0.25) is 0 Å². The summed E-state index contributed by atoms with van der Waals surface area (Å²) < 4.78 is 0. The number of aliphatic hydroxyl groups is 1. The maximum absolute atomic E-state index is 9.57. The van der Waals surface area contributed by atoms with E-state index in [9.17, 15) is 5.11 Å². The minimum atomic E-state index is 0.126. The van der Waals surface area contributed by atoms with Crippen LogP contribution in [0.25, 0.3) is 0 Å². The lowest BCUT2D eigenvalue weighted by Crippen LogP contribution is -2.60. The Hall–Kier alpha value is -0.120. The molecule has 0 aliphatic heterocycles. The van der Waals surface area contributed by atoms with E-state index in [1.165, 1.54) is 44.9 Å². The van der Waals surface area contributed by atoms with Gasteiger partial charge < -0.3 is 16.2 Å². The standard InChI is InChI=1S/C16H32N2O/c1-12-7-8-16(11-17,9-13(12)2)18-15-6-4-3-5-14(15)10-19/h12-15,18-19H,3-11,17H2,1-2H3. The van der Waals surface area contributed by atoms with Crippen LogP contribution in [0, 0.1) is 17.8 Å². The first-order chi connectivity index (χ1) is 9.10. The summed E-state index contributed by atoms with van der Waals surface area (Å²) in [6, 6.07) is 0.475. The van der Waals surface area contributed by atoms with E-state index < -0.39 is 0 Å². The maximum Gasteiger partial charge on any atom is 0.0474 e. The molecule has 0 saturated heterocycles. The third-order valence-corrected chi connectivity index (χ3v) is 5.79. The fourth-order valence-corrected chi connectivity index (χ4v) is 4.09. The van der Waals surface area contributed by atoms with E-state index in [1.807, 2.05) is 0 Å². The fraction of sp³-hybridized carbons (Fsp3) is 1.00. The van der Waals surface area contributed by atoms with Gasteiger partial charge in [-0.15, -0.1) is 0 Å². The van der Waals surface area contributed by atoms with E-state index in [2.05, 4.69) is 19.2 Å². The summed E-state index contributed by atoms with van der Waals surface area (Å²) in [4.78, 5) is 0. The van der Waals surface area contributed by atoms with Crippen molar-refractivity contribution in [3.05, 3.63) is 0 Å². The molecule has 5 atom stereocenters. The quantitative estimate of drug-likeness (QED) is 0.733. The minimum absolute atomic E-state index is 0.126. The summed E-state index contributed by atoms with van der Waals surface area (Å²) in [5.41, 5.74) is 6.25. The Bertz CT molecular complexity index is 284. The average molecular weight is 268 g/mol. The Balaban J connectivity index is 2.01. The lowest BCUT2D eigenvalue weighted by Gasteiger charge is -2.47. The van der Waals surface area contributed by atoms with Gasteiger partial charge in [-0.05, 0) is 49.9 Å². The molecule has 2 saturated carbocycles. The molecule has 2 fully saturated rings. The van der Waals surface area contributed by atoms with Crippen molar-refractivity contribution in [2.24, 2.45) is 23.5 Å². The van der Waals surface area contributed by atoms with E-state index in [1.54, 1.807) is 0 Å². The molecule has 0 bridgehead atoms. The Morgan fingerprint density at radius 3 is 2.53 bits per heavy atom. The van der Waals surface area contributed by atoms with E-state index in [0.717, 1.165) is 18.4 Å². The van der Waals surface area contributed by atoms with Crippen LogP contribution >= 0.6 is 0 Å². The summed E-state index contributed by atoms with van der Waals surface area (Å²) in [7, 11) is 0. The Labute approximate surface area is 118 Å². The van der Waals surface area contributed by atoms with Crippen LogP contribution in [0.4, 0.5) is 0 Å². The maximum atomic E-state index is 9.57. The average Bonchev–Trinajstić information content (AvgIpc) is 2.44. The highest BCUT2D eigenvalue weighted by molar-refractivity contribution is 4.99. The lowest BCUT2D eigenvalue weighted by atomic mass is 9.70. The molecule has 0 radical (unpaired) electrons. The van der Waals surface area contributed by atoms with Gasteiger partial charge in [0.05, 0.1) is 0 Å². The van der Waals surface area contributed by atoms with Gasteiger partial charge in [0.1, 0.15) is 0 Å². The van der Waals surface area contributed by atoms with Gasteiger partial charge in [-0.25, -0.2) is 0 Å². The molecule has 4 N–H and O–H groups in total. The highest BCUT2D eigenvalue weighted by Crippen LogP contribution is 2.37. The smallest absolute Gasteiger partial charge is 0.0474 e. The zero-order valence-electron chi connectivity index (χ0n) is 12.7. The van der Waals surface area contributed by atoms with Crippen molar-refractivity contribution in [3.8, 4) is 0 Å². The normalized spacial score (nSPS) is 44.2. The predicted octanol–water partition coefficient (Wildman–Crippen LogP) is 2.28. The molecule has 0 aromatic carbocycles. The highest BCUT2D eigenvalue weighted by Gasteiger charge is 2.39. The van der Waals surface area contributed by atoms with E-state index in [4.69, 9.17) is 5.73 Å². The van der Waals surface area contributed by atoms with Gasteiger partial charge in [0.15, 0.2) is 0 Å². The molecule has 5 unspecified atom stereocenters. The van der Waals surface area contributed by atoms with Gasteiger partial charge >= 0.3 is 0 Å². The summed E-state index contributed by atoms with van der Waals surface area (Å²) in [6.07, 6.45) is 8.61. The van der Waals surface area contributed by atoms with Crippen molar-refractivity contribution in [1.29, 1.82) is 0 Å². The van der Waals surface area contributed by atoms with E-state index in [-0.39, 0.29) is 5.54 Å². The zero-order chi connectivity index (χ0) is 13.9. The van der Waals surface area contributed by atoms with Crippen LogP contribution in [-0.4, -0.2) is 29.8 Å². The SMILES string of the molecule is CC1CCC(CN)(NC2CCCCC2CO)CC1C. The molecule has 19 heavy (non-hydrogen) atoms. The van der Waals surface area contributed by atoms with Crippen molar-refractivity contribution >= 4 is 0 Å². The molecular weight excluding hydrogens is 236 g/mol. The Morgan fingerprint density at radius 2 is 1.89 bits per heavy atom. The van der Waals surface area contributed by atoms with Crippen molar-refractivity contribution < 1.29 is 5.11 Å². The minimum Gasteiger partial charge on any atom is -0.396 e. The number of hydrogen-bond donors (Lipinski definition) is 3. The molecule has 3 nitrogen and oxygen atoms in total. The number of aliphatic hydroxyl groups excluding tert-OH is 1. The van der Waals surface area contributed by atoms with Crippen molar-refractivity contribution in [1.82, 2.24) is 5.32 Å². The topological polar surface area (TPSA) is 58.3 Å². The van der Waals surface area contributed by atoms with Crippen LogP contribution in [0.2, 0.25) is 0 Å². The van der Waals surface area contributed by atoms with Gasteiger partial charge in [0.25, 0.3) is 0 Å². The van der Waals surface area contributed by atoms with Crippen molar-refractivity contribution in [2.45, 2.75) is 70.4 Å². The second-order valence-electron chi connectivity index (χ2n) is 7.16. The molecule has 2 aliphatic rings. The zero-order valence-corrected chi connectivity index (χ0v) is 12.7. The molecule has 0 amide bonds. The Kier molecular flexibility index (Phi) is 5.27. The van der Waals surface area contributed by atoms with Crippen molar-refractivity contribution in [2.75, 3.05) is 13.2 Å². The third-order valence-electron chi connectivity index (χ3n) is 5.79.